The first-order valence-electron chi connectivity index (χ1n) is 8.73. The van der Waals surface area contributed by atoms with Crippen molar-refractivity contribution < 1.29 is 14.3 Å². The lowest BCUT2D eigenvalue weighted by atomic mass is 10.1. The minimum Gasteiger partial charge on any atom is -0.465 e. The second kappa shape index (κ2) is 7.88. The molecule has 5 nitrogen and oxygen atoms in total. The van der Waals surface area contributed by atoms with Crippen molar-refractivity contribution in [1.29, 1.82) is 0 Å². The van der Waals surface area contributed by atoms with Gasteiger partial charge in [0.25, 0.3) is 5.91 Å². The maximum atomic E-state index is 13.2. The summed E-state index contributed by atoms with van der Waals surface area (Å²) in [5.74, 6) is -0.440. The molecule has 6 heteroatoms. The van der Waals surface area contributed by atoms with Gasteiger partial charge in [-0.15, -0.1) is 0 Å². The van der Waals surface area contributed by atoms with Gasteiger partial charge in [-0.25, -0.2) is 4.79 Å². The zero-order valence-electron chi connectivity index (χ0n) is 15.3. The van der Waals surface area contributed by atoms with E-state index in [0.717, 1.165) is 36.4 Å². The van der Waals surface area contributed by atoms with E-state index in [1.54, 1.807) is 16.8 Å². The number of benzene rings is 2. The summed E-state index contributed by atoms with van der Waals surface area (Å²) in [5, 5.41) is 0. The molecule has 1 aliphatic rings. The highest BCUT2D eigenvalue weighted by atomic mass is 31.1. The quantitative estimate of drug-likeness (QED) is 0.570. The molecule has 136 valence electrons. The smallest absolute Gasteiger partial charge is 0.337 e. The Morgan fingerprint density at radius 2 is 1.88 bits per heavy atom. The number of amides is 1. The second-order valence-electron chi connectivity index (χ2n) is 6.08. The molecule has 0 spiro atoms. The fourth-order valence-corrected chi connectivity index (χ4v) is 3.95. The largest absolute Gasteiger partial charge is 0.465 e. The van der Waals surface area contributed by atoms with Gasteiger partial charge in [0.1, 0.15) is 0 Å². The van der Waals surface area contributed by atoms with E-state index < -0.39 is 5.97 Å². The van der Waals surface area contributed by atoms with Crippen molar-refractivity contribution in [2.75, 3.05) is 29.9 Å². The van der Waals surface area contributed by atoms with Crippen LogP contribution in [0.1, 0.15) is 40.5 Å². The Hall–Kier alpha value is -2.39. The Kier molecular flexibility index (Phi) is 5.58. The molecule has 1 heterocycles. The van der Waals surface area contributed by atoms with Crippen LogP contribution < -0.4 is 9.57 Å². The van der Waals surface area contributed by atoms with Gasteiger partial charge in [0.15, 0.2) is 0 Å². The number of hydrogen-bond donors (Lipinski definition) is 0. The van der Waals surface area contributed by atoms with E-state index in [4.69, 9.17) is 4.74 Å². The lowest BCUT2D eigenvalue weighted by Crippen LogP contribution is -2.21. The van der Waals surface area contributed by atoms with Gasteiger partial charge in [0.2, 0.25) is 0 Å². The molecule has 0 aromatic heterocycles. The summed E-state index contributed by atoms with van der Waals surface area (Å²) in [4.78, 5) is 27.4. The van der Waals surface area contributed by atoms with Crippen LogP contribution in [0.2, 0.25) is 0 Å². The van der Waals surface area contributed by atoms with Crippen LogP contribution in [-0.4, -0.2) is 32.2 Å². The number of anilines is 3. The maximum Gasteiger partial charge on any atom is 0.337 e. The molecule has 0 radical (unpaired) electrons. The molecular formula is C20H23N2O3P. The molecule has 0 N–H and O–H groups in total. The van der Waals surface area contributed by atoms with Gasteiger partial charge in [-0.1, -0.05) is 25.5 Å². The third kappa shape index (κ3) is 3.19. The summed E-state index contributed by atoms with van der Waals surface area (Å²) in [7, 11) is 1.61. The molecule has 0 aliphatic carbocycles. The number of carbonyl (C=O) groups is 2. The molecule has 1 amide bonds. The Morgan fingerprint density at radius 3 is 2.58 bits per heavy atom. The average Bonchev–Trinajstić information content (AvgIpc) is 2.78. The fraction of sp³-hybridized carbons (Fsp3) is 0.300. The van der Waals surface area contributed by atoms with Crippen molar-refractivity contribution in [1.82, 2.24) is 0 Å². The Balaban J connectivity index is 2.23. The van der Waals surface area contributed by atoms with Gasteiger partial charge >= 0.3 is 5.97 Å². The molecule has 0 fully saturated rings. The zero-order chi connectivity index (χ0) is 18.7. The van der Waals surface area contributed by atoms with Gasteiger partial charge in [0, 0.05) is 6.54 Å². The first-order valence-corrected chi connectivity index (χ1v) is 10.2. The van der Waals surface area contributed by atoms with E-state index >= 15 is 0 Å². The number of ether oxygens (including phenoxy) is 1. The number of rotatable bonds is 5. The predicted octanol–water partition coefficient (Wildman–Crippen LogP) is 4.59. The number of hydrogen-bond acceptors (Lipinski definition) is 4. The van der Waals surface area contributed by atoms with E-state index in [1.807, 2.05) is 37.0 Å². The number of nitrogens with zero attached hydrogens (tertiary/aromatic N) is 2. The third-order valence-corrected chi connectivity index (χ3v) is 5.41. The van der Waals surface area contributed by atoms with Crippen molar-refractivity contribution in [3.8, 4) is 0 Å². The number of para-hydroxylation sites is 1. The van der Waals surface area contributed by atoms with Crippen LogP contribution >= 0.6 is 8.73 Å². The molecule has 0 saturated heterocycles. The van der Waals surface area contributed by atoms with Crippen molar-refractivity contribution >= 4 is 37.7 Å². The van der Waals surface area contributed by atoms with Crippen molar-refractivity contribution in [2.45, 2.75) is 19.8 Å². The summed E-state index contributed by atoms with van der Waals surface area (Å²) in [5.41, 5.74) is 3.75. The molecule has 2 aromatic carbocycles. The molecule has 1 aliphatic heterocycles. The normalized spacial score (nSPS) is 13.6. The van der Waals surface area contributed by atoms with Crippen molar-refractivity contribution in [2.24, 2.45) is 0 Å². The van der Waals surface area contributed by atoms with Gasteiger partial charge in [-0.2, -0.15) is 0 Å². The van der Waals surface area contributed by atoms with E-state index in [1.165, 1.54) is 7.11 Å². The monoisotopic (exact) mass is 370 g/mol. The number of fused-ring (bicyclic) bond motifs is 2. The zero-order valence-corrected chi connectivity index (χ0v) is 16.3. The number of carbonyl (C=O) groups excluding carboxylic acids is 2. The molecule has 1 atom stereocenters. The maximum absolute atomic E-state index is 13.2. The molecular weight excluding hydrogens is 347 g/mol. The molecule has 3 rings (SSSR count). The average molecular weight is 370 g/mol. The summed E-state index contributed by atoms with van der Waals surface area (Å²) in [6.07, 6.45) is 2.07. The van der Waals surface area contributed by atoms with Crippen LogP contribution in [0.3, 0.4) is 0 Å². The molecule has 0 bridgehead atoms. The van der Waals surface area contributed by atoms with Crippen LogP contribution in [-0.2, 0) is 4.74 Å². The van der Waals surface area contributed by atoms with Crippen molar-refractivity contribution in [3.63, 3.8) is 0 Å². The molecule has 0 saturated carbocycles. The SMILES string of the molecule is CCCCN1c2ccccc2C(=O)N(PC)c2cc(C(=O)OC)ccc21. The predicted molar refractivity (Wildman–Crippen MR) is 107 cm³/mol. The van der Waals surface area contributed by atoms with E-state index in [2.05, 4.69) is 11.8 Å². The second-order valence-corrected chi connectivity index (χ2v) is 6.98. The standard InChI is InChI=1S/C20H23N2O3P/c1-4-5-12-21-16-9-7-6-8-15(16)19(23)22(26-3)18-13-14(20(24)25-2)10-11-17(18)21/h6-11,13,26H,4-5,12H2,1-3H3. The van der Waals surface area contributed by atoms with Gasteiger partial charge < -0.3 is 9.64 Å². The van der Waals surface area contributed by atoms with Crippen LogP contribution in [0.25, 0.3) is 0 Å². The van der Waals surface area contributed by atoms with Crippen LogP contribution in [0.15, 0.2) is 42.5 Å². The lowest BCUT2D eigenvalue weighted by Gasteiger charge is -2.27. The van der Waals surface area contributed by atoms with Gasteiger partial charge in [-0.05, 0) is 52.1 Å². The molecule has 1 unspecified atom stereocenters. The topological polar surface area (TPSA) is 49.9 Å². The van der Waals surface area contributed by atoms with Crippen molar-refractivity contribution in [3.05, 3.63) is 53.6 Å². The van der Waals surface area contributed by atoms with Gasteiger partial charge in [-0.3, -0.25) is 9.46 Å². The Bertz CT molecular complexity index is 838. The highest BCUT2D eigenvalue weighted by molar-refractivity contribution is 7.40. The number of methoxy groups -OCH3 is 1. The number of esters is 1. The first kappa shape index (κ1) is 18.4. The minimum absolute atomic E-state index is 0.0382. The highest BCUT2D eigenvalue weighted by Crippen LogP contribution is 2.44. The van der Waals surface area contributed by atoms with E-state index in [-0.39, 0.29) is 14.6 Å². The first-order chi connectivity index (χ1) is 12.6. The van der Waals surface area contributed by atoms with E-state index in [9.17, 15) is 9.59 Å². The van der Waals surface area contributed by atoms with Crippen LogP contribution in [0, 0.1) is 0 Å². The minimum atomic E-state index is -0.401. The summed E-state index contributed by atoms with van der Waals surface area (Å²) < 4.78 is 6.61. The van der Waals surface area contributed by atoms with Crippen LogP contribution in [0.5, 0.6) is 0 Å². The van der Waals surface area contributed by atoms with E-state index in [0.29, 0.717) is 11.1 Å². The molecule has 26 heavy (non-hydrogen) atoms. The summed E-state index contributed by atoms with van der Waals surface area (Å²) in [6.45, 7) is 4.93. The number of unbranched alkanes of at least 4 members (excludes halogenated alkanes) is 1. The molecule has 2 aromatic rings. The summed E-state index contributed by atoms with van der Waals surface area (Å²) >= 11 is 0. The Morgan fingerprint density at radius 1 is 1.12 bits per heavy atom. The fourth-order valence-electron chi connectivity index (χ4n) is 3.20. The Labute approximate surface area is 155 Å². The van der Waals surface area contributed by atoms with Crippen LogP contribution in [0.4, 0.5) is 17.1 Å². The summed E-state index contributed by atoms with van der Waals surface area (Å²) in [6, 6.07) is 13.2. The van der Waals surface area contributed by atoms with Gasteiger partial charge in [0.05, 0.1) is 35.3 Å². The highest BCUT2D eigenvalue weighted by Gasteiger charge is 2.30. The third-order valence-electron chi connectivity index (χ3n) is 4.52. The lowest BCUT2D eigenvalue weighted by molar-refractivity contribution is 0.0600.